The van der Waals surface area contributed by atoms with Gasteiger partial charge in [-0.1, -0.05) is 251 Å². The lowest BCUT2D eigenvalue weighted by Gasteiger charge is -2.24. The predicted molar refractivity (Wildman–Crippen MR) is 451 cm³/mol. The largest absolute Gasteiger partial charge is 0.457 e. The number of hydrogen-bond donors (Lipinski definition) is 0. The Morgan fingerprint density at radius 3 is 0.818 bits per heavy atom. The molecule has 99 heavy (non-hydrogen) atoms. The first kappa shape index (κ1) is 75.8. The lowest BCUT2D eigenvalue weighted by Crippen LogP contribution is -2.30. The van der Waals surface area contributed by atoms with Crippen molar-refractivity contribution in [2.24, 2.45) is 10.8 Å². The van der Waals surface area contributed by atoms with E-state index in [1.807, 2.05) is 67.6 Å². The first-order valence-electron chi connectivity index (χ1n) is 34.7. The summed E-state index contributed by atoms with van der Waals surface area (Å²) < 4.78 is 5.58. The summed E-state index contributed by atoms with van der Waals surface area (Å²) in [6.07, 6.45) is 2.77. The molecule has 0 saturated carbocycles. The van der Waals surface area contributed by atoms with Crippen LogP contribution in [0.3, 0.4) is 0 Å². The van der Waals surface area contributed by atoms with Crippen molar-refractivity contribution in [3.63, 3.8) is 0 Å². The summed E-state index contributed by atoms with van der Waals surface area (Å²) in [7, 11) is -0.566. The molecule has 1 unspecified atom stereocenters. The van der Waals surface area contributed by atoms with Gasteiger partial charge in [-0.2, -0.15) is 0 Å². The molecule has 4 aliphatic rings. The van der Waals surface area contributed by atoms with Gasteiger partial charge in [0.15, 0.2) is 0 Å². The normalized spacial score (nSPS) is 13.0. The molecule has 506 valence electrons. The van der Waals surface area contributed by atoms with E-state index >= 15 is 0 Å². The smallest absolute Gasteiger partial charge is 0.127 e. The molecule has 0 spiro atoms. The fourth-order valence-corrected chi connectivity index (χ4v) is 18.2. The minimum atomic E-state index is -1.53. The van der Waals surface area contributed by atoms with E-state index in [0.29, 0.717) is 5.41 Å². The SMILES string of the molecule is C=C1C(=C)c2c(C)c(C)c3c4c(c(C)c(C)c1c24)C(=C)C3=C.C=C1C(=C)c2c(C)c(CC(C)(C)C)c3c4c(c(C)c(C)c1c24)C(=C)C3=C.C=CC.CC(C)(C)C.CC(C)Pc1ccccc1.C[P+](c1ccccc1)(c1ccccc1)c1ccccc1.c1ccc(Oc2ccccc2)cc1. The van der Waals surface area contributed by atoms with Gasteiger partial charge in [0, 0.05) is 0 Å². The Bertz CT molecular complexity index is 4470. The third kappa shape index (κ3) is 15.9. The van der Waals surface area contributed by atoms with Crippen LogP contribution in [0, 0.1) is 59.3 Å². The molecule has 0 aliphatic heterocycles. The summed E-state index contributed by atoms with van der Waals surface area (Å²) in [4.78, 5) is 0. The molecule has 14 rings (SSSR count). The highest BCUT2D eigenvalue weighted by Gasteiger charge is 2.41. The number of hydrogen-bond acceptors (Lipinski definition) is 1. The molecule has 0 saturated heterocycles. The first-order chi connectivity index (χ1) is 46.7. The molecule has 0 N–H and O–H groups in total. The first-order valence-corrected chi connectivity index (χ1v) is 38.0. The van der Waals surface area contributed by atoms with E-state index in [1.165, 1.54) is 132 Å². The van der Waals surface area contributed by atoms with Crippen LogP contribution in [0.4, 0.5) is 0 Å². The lowest BCUT2D eigenvalue weighted by molar-refractivity contribution is 0.410. The Balaban J connectivity index is 0.000000158. The summed E-state index contributed by atoms with van der Waals surface area (Å²) in [6, 6.07) is 62.8. The zero-order valence-corrected chi connectivity index (χ0v) is 64.8. The highest BCUT2D eigenvalue weighted by molar-refractivity contribution is 7.95. The molecule has 10 aromatic carbocycles. The van der Waals surface area contributed by atoms with Gasteiger partial charge in [0.25, 0.3) is 0 Å². The van der Waals surface area contributed by atoms with E-state index < -0.39 is 7.26 Å². The van der Waals surface area contributed by atoms with Gasteiger partial charge in [-0.05, 0) is 299 Å². The number of rotatable bonds is 8. The van der Waals surface area contributed by atoms with Gasteiger partial charge in [-0.25, -0.2) is 0 Å². The van der Waals surface area contributed by atoms with Gasteiger partial charge in [0.2, 0.25) is 0 Å². The molecule has 0 bridgehead atoms. The number of para-hydroxylation sites is 2. The lowest BCUT2D eigenvalue weighted by atomic mass is 9.80. The van der Waals surface area contributed by atoms with Gasteiger partial charge >= 0.3 is 0 Å². The van der Waals surface area contributed by atoms with Crippen molar-refractivity contribution in [2.45, 2.75) is 130 Å². The maximum Gasteiger partial charge on any atom is 0.127 e. The summed E-state index contributed by atoms with van der Waals surface area (Å²) in [6.45, 7) is 78.2. The van der Waals surface area contributed by atoms with E-state index in [4.69, 9.17) is 4.74 Å². The number of allylic oxidation sites excluding steroid dienone is 9. The number of benzene rings is 10. The van der Waals surface area contributed by atoms with Crippen molar-refractivity contribution in [1.29, 1.82) is 0 Å². The van der Waals surface area contributed by atoms with Crippen LogP contribution in [0.5, 0.6) is 11.5 Å². The van der Waals surface area contributed by atoms with Gasteiger partial charge in [-0.15, -0.1) is 6.58 Å². The third-order valence-electron chi connectivity index (χ3n) is 18.9. The molecule has 0 radical (unpaired) electrons. The third-order valence-corrected chi connectivity index (χ3v) is 24.2. The average Bonchev–Trinajstić information content (AvgIpc) is 1.54. The van der Waals surface area contributed by atoms with Crippen LogP contribution in [0.1, 0.15) is 158 Å². The monoisotopic (exact) mass is 1340 g/mol. The summed E-state index contributed by atoms with van der Waals surface area (Å²) in [5.74, 6) is 1.74. The molecule has 1 atom stereocenters. The standard InChI is InChI=1S/C26H28.C22H20.C19H18P.C12H10O.C9H13P.C5H12.C3H6/c1-12-13(2)21-16(5)17(6)23-19(11-26(8,9)10)18(7)22-15(4)14(3)20(12)24(22)25(21)23;1-9-10(2)18-15(7)16(8)20-12(4)11(3)19-14(6)13(5)17(9)21(18)22(19)20;1-20(17-11-5-2-6-12-17,18-13-7-3-8-14-18)19-15-9-4-10-16-19;1-3-7-11(8-4-1)13-12-9-5-2-6-10-12;1-8(2)10-9-6-4-3-5-7-9;1-5(2,3)4;1-3-2/h3-6,11H2,1-2,7-10H3;1-4H2,5-8H3;2-16H,1H3;1-10H;3-8,10H,1-2H3;1-4H3;3H,1H2,2H3/q;;+1;;;;. The van der Waals surface area contributed by atoms with E-state index in [-0.39, 0.29) is 5.41 Å². The highest BCUT2D eigenvalue weighted by Crippen LogP contribution is 2.59. The van der Waals surface area contributed by atoms with Crippen molar-refractivity contribution >= 4 is 103 Å². The van der Waals surface area contributed by atoms with Crippen LogP contribution in [0.15, 0.2) is 247 Å². The fraction of sp³-hybridized carbons (Fsp3) is 0.229. The molecule has 1 nitrogen and oxygen atoms in total. The van der Waals surface area contributed by atoms with Crippen molar-refractivity contribution in [2.75, 3.05) is 6.66 Å². The van der Waals surface area contributed by atoms with Gasteiger partial charge in [0.05, 0.1) is 6.66 Å². The Morgan fingerprint density at radius 2 is 0.576 bits per heavy atom. The zero-order chi connectivity index (χ0) is 72.7. The molecular weight excluding hydrogens is 1230 g/mol. The second-order valence-corrected chi connectivity index (χ2v) is 35.3. The Labute approximate surface area is 599 Å². The molecule has 0 aromatic heterocycles. The van der Waals surface area contributed by atoms with Crippen LogP contribution in [0.2, 0.25) is 0 Å². The molecule has 3 heteroatoms. The maximum atomic E-state index is 5.58. The van der Waals surface area contributed by atoms with Gasteiger partial charge in [0.1, 0.15) is 34.7 Å². The Morgan fingerprint density at radius 1 is 0.364 bits per heavy atom. The van der Waals surface area contributed by atoms with E-state index in [1.54, 1.807) is 6.08 Å². The quantitative estimate of drug-likeness (QED) is 0.109. The molecule has 0 amide bonds. The van der Waals surface area contributed by atoms with Crippen LogP contribution in [-0.2, 0) is 6.42 Å². The molecule has 0 fully saturated rings. The van der Waals surface area contributed by atoms with Crippen molar-refractivity contribution in [3.8, 4) is 11.5 Å². The van der Waals surface area contributed by atoms with Gasteiger partial charge < -0.3 is 4.74 Å². The number of ether oxygens (including phenoxy) is 1. The predicted octanol–water partition coefficient (Wildman–Crippen LogP) is 26.3. The van der Waals surface area contributed by atoms with Crippen LogP contribution < -0.4 is 26.0 Å². The maximum absolute atomic E-state index is 5.58. The second kappa shape index (κ2) is 31.5. The van der Waals surface area contributed by atoms with Crippen LogP contribution >= 0.6 is 15.8 Å². The second-order valence-electron chi connectivity index (χ2n) is 29.7. The average molecular weight is 1340 g/mol. The van der Waals surface area contributed by atoms with Crippen molar-refractivity contribution < 1.29 is 4.74 Å². The van der Waals surface area contributed by atoms with E-state index in [9.17, 15) is 0 Å². The molecular formula is C96H107OP2+. The summed E-state index contributed by atoms with van der Waals surface area (Å²) in [5.41, 5.74) is 31.0. The van der Waals surface area contributed by atoms with Crippen molar-refractivity contribution in [3.05, 3.63) is 336 Å². The van der Waals surface area contributed by atoms with Crippen LogP contribution in [0.25, 0.3) is 66.1 Å². The van der Waals surface area contributed by atoms with Crippen LogP contribution in [-0.4, -0.2) is 12.3 Å². The molecule has 0 heterocycles. The fourth-order valence-electron chi connectivity index (χ4n) is 14.0. The Hall–Kier alpha value is -8.96. The minimum Gasteiger partial charge on any atom is -0.457 e. The highest BCUT2D eigenvalue weighted by atomic mass is 31.2. The van der Waals surface area contributed by atoms with E-state index in [2.05, 4.69) is 298 Å². The summed E-state index contributed by atoms with van der Waals surface area (Å²) in [5, 5.41) is 11.1. The molecule has 4 aliphatic carbocycles. The van der Waals surface area contributed by atoms with Gasteiger partial charge in [-0.3, -0.25) is 0 Å². The van der Waals surface area contributed by atoms with Crippen molar-refractivity contribution in [1.82, 2.24) is 0 Å². The van der Waals surface area contributed by atoms with E-state index in [0.717, 1.165) is 76.7 Å². The molecule has 10 aromatic rings. The summed E-state index contributed by atoms with van der Waals surface area (Å²) >= 11 is 0. The minimum absolute atomic E-state index is 0.200. The Kier molecular flexibility index (Phi) is 24.1. The topological polar surface area (TPSA) is 9.23 Å². The zero-order valence-electron chi connectivity index (χ0n) is 62.9.